The number of benzene rings is 1. The molecule has 2 aromatic heterocycles. The number of amides is 1. The van der Waals surface area contributed by atoms with E-state index in [2.05, 4.69) is 32.1 Å². The molecule has 1 aromatic carbocycles. The van der Waals surface area contributed by atoms with Crippen molar-refractivity contribution in [3.05, 3.63) is 60.4 Å². The van der Waals surface area contributed by atoms with E-state index in [1.165, 1.54) is 11.9 Å². The number of rotatable bonds is 5. The van der Waals surface area contributed by atoms with Gasteiger partial charge in [-0.3, -0.25) is 9.48 Å². The van der Waals surface area contributed by atoms with Crippen molar-refractivity contribution in [2.75, 3.05) is 13.1 Å². The van der Waals surface area contributed by atoms with Gasteiger partial charge in [-0.05, 0) is 37.7 Å². The molecule has 1 unspecified atom stereocenters. The lowest BCUT2D eigenvalue weighted by Gasteiger charge is -2.40. The summed E-state index contributed by atoms with van der Waals surface area (Å²) in [5.41, 5.74) is 3.42. The SMILES string of the molecule is O=C(CCCn1cncn1)N1CCCC2(CCc3cnc(-c4ccccc4)nc32)C1. The van der Waals surface area contributed by atoms with E-state index in [1.54, 1.807) is 11.0 Å². The van der Waals surface area contributed by atoms with Gasteiger partial charge in [0, 0.05) is 43.2 Å². The minimum Gasteiger partial charge on any atom is -0.342 e. The molecule has 30 heavy (non-hydrogen) atoms. The molecule has 154 valence electrons. The Bertz CT molecular complexity index is 1020. The van der Waals surface area contributed by atoms with E-state index in [-0.39, 0.29) is 11.3 Å². The van der Waals surface area contributed by atoms with Gasteiger partial charge >= 0.3 is 0 Å². The zero-order chi connectivity index (χ0) is 20.4. The lowest BCUT2D eigenvalue weighted by atomic mass is 9.77. The third-order valence-corrected chi connectivity index (χ3v) is 6.45. The van der Waals surface area contributed by atoms with Crippen LogP contribution in [0.25, 0.3) is 11.4 Å². The molecule has 0 saturated carbocycles. The molecule has 1 saturated heterocycles. The van der Waals surface area contributed by atoms with Crippen molar-refractivity contribution in [3.63, 3.8) is 0 Å². The number of carbonyl (C=O) groups is 1. The highest BCUT2D eigenvalue weighted by Gasteiger charge is 2.44. The summed E-state index contributed by atoms with van der Waals surface area (Å²) in [6, 6.07) is 10.1. The number of hydrogen-bond donors (Lipinski definition) is 0. The molecule has 1 spiro atoms. The lowest BCUT2D eigenvalue weighted by Crippen LogP contribution is -2.48. The van der Waals surface area contributed by atoms with E-state index < -0.39 is 0 Å². The molecule has 0 bridgehead atoms. The van der Waals surface area contributed by atoms with Gasteiger partial charge < -0.3 is 4.90 Å². The van der Waals surface area contributed by atoms with Crippen molar-refractivity contribution >= 4 is 5.91 Å². The fraction of sp³-hybridized carbons (Fsp3) is 0.435. The zero-order valence-electron chi connectivity index (χ0n) is 17.1. The van der Waals surface area contributed by atoms with E-state index in [0.717, 1.165) is 68.8 Å². The molecule has 3 aromatic rings. The normalized spacial score (nSPS) is 20.5. The summed E-state index contributed by atoms with van der Waals surface area (Å²) in [4.78, 5) is 28.6. The van der Waals surface area contributed by atoms with E-state index in [9.17, 15) is 4.79 Å². The predicted octanol–water partition coefficient (Wildman–Crippen LogP) is 3.02. The summed E-state index contributed by atoms with van der Waals surface area (Å²) in [7, 11) is 0. The van der Waals surface area contributed by atoms with Gasteiger partial charge in [-0.1, -0.05) is 30.3 Å². The van der Waals surface area contributed by atoms with Crippen LogP contribution in [-0.4, -0.2) is 48.6 Å². The molecular weight excluding hydrogens is 376 g/mol. The van der Waals surface area contributed by atoms with Gasteiger partial charge in [0.25, 0.3) is 0 Å². The quantitative estimate of drug-likeness (QED) is 0.656. The Kier molecular flexibility index (Phi) is 5.02. The average Bonchev–Trinajstić information content (AvgIpc) is 3.43. The number of carbonyl (C=O) groups excluding carboxylic acids is 1. The van der Waals surface area contributed by atoms with Crippen LogP contribution in [0.15, 0.2) is 49.2 Å². The van der Waals surface area contributed by atoms with Crippen LogP contribution in [0.5, 0.6) is 0 Å². The summed E-state index contributed by atoms with van der Waals surface area (Å²) < 4.78 is 1.78. The van der Waals surface area contributed by atoms with Crippen LogP contribution in [0.3, 0.4) is 0 Å². The van der Waals surface area contributed by atoms with Crippen LogP contribution < -0.4 is 0 Å². The summed E-state index contributed by atoms with van der Waals surface area (Å²) in [5, 5.41) is 4.11. The summed E-state index contributed by atoms with van der Waals surface area (Å²) in [6.45, 7) is 2.34. The summed E-state index contributed by atoms with van der Waals surface area (Å²) in [5.74, 6) is 1.02. The maximum atomic E-state index is 12.9. The van der Waals surface area contributed by atoms with E-state index >= 15 is 0 Å². The highest BCUT2D eigenvalue weighted by molar-refractivity contribution is 5.76. The third-order valence-electron chi connectivity index (χ3n) is 6.45. The average molecular weight is 403 g/mol. The first-order valence-corrected chi connectivity index (χ1v) is 10.8. The maximum absolute atomic E-state index is 12.9. The molecule has 1 atom stereocenters. The monoisotopic (exact) mass is 402 g/mol. The van der Waals surface area contributed by atoms with E-state index in [1.807, 2.05) is 24.4 Å². The fourth-order valence-corrected chi connectivity index (χ4v) is 4.91. The first kappa shape index (κ1) is 18.9. The number of fused-ring (bicyclic) bond motifs is 2. The van der Waals surface area contributed by atoms with Crippen molar-refractivity contribution in [2.45, 2.75) is 50.5 Å². The summed E-state index contributed by atoms with van der Waals surface area (Å²) in [6.07, 6.45) is 10.7. The second kappa shape index (κ2) is 7.97. The van der Waals surface area contributed by atoms with Gasteiger partial charge in [-0.2, -0.15) is 5.10 Å². The van der Waals surface area contributed by atoms with Gasteiger partial charge in [0.2, 0.25) is 5.91 Å². The number of piperidine rings is 1. The van der Waals surface area contributed by atoms with Crippen LogP contribution in [0.4, 0.5) is 0 Å². The number of aromatic nitrogens is 5. The standard InChI is InChI=1S/C23H26N6O/c30-20(8-4-13-29-17-24-16-26-29)28-12-5-10-23(15-28)11-9-19-14-25-22(27-21(19)23)18-6-2-1-3-7-18/h1-3,6-7,14,16-17H,4-5,8-13,15H2. The lowest BCUT2D eigenvalue weighted by molar-refractivity contribution is -0.133. The Hall–Kier alpha value is -3.09. The van der Waals surface area contributed by atoms with Gasteiger partial charge in [0.15, 0.2) is 5.82 Å². The highest BCUT2D eigenvalue weighted by Crippen LogP contribution is 2.44. The van der Waals surface area contributed by atoms with Crippen molar-refractivity contribution < 1.29 is 4.79 Å². The van der Waals surface area contributed by atoms with Gasteiger partial charge in [0.1, 0.15) is 12.7 Å². The third kappa shape index (κ3) is 3.60. The van der Waals surface area contributed by atoms with Crippen LogP contribution in [0, 0.1) is 0 Å². The molecule has 0 N–H and O–H groups in total. The number of hydrogen-bond acceptors (Lipinski definition) is 5. The Labute approximate surface area is 176 Å². The molecular formula is C23H26N6O. The molecule has 1 aliphatic heterocycles. The zero-order valence-corrected chi connectivity index (χ0v) is 17.1. The number of nitrogens with zero attached hydrogens (tertiary/aromatic N) is 6. The van der Waals surface area contributed by atoms with Gasteiger partial charge in [-0.15, -0.1) is 0 Å². The summed E-state index contributed by atoms with van der Waals surface area (Å²) >= 11 is 0. The van der Waals surface area contributed by atoms with E-state index in [4.69, 9.17) is 4.98 Å². The largest absolute Gasteiger partial charge is 0.342 e. The van der Waals surface area contributed by atoms with Gasteiger partial charge in [-0.25, -0.2) is 15.0 Å². The Balaban J connectivity index is 1.31. The van der Waals surface area contributed by atoms with E-state index in [0.29, 0.717) is 6.42 Å². The van der Waals surface area contributed by atoms with Crippen molar-refractivity contribution in [1.29, 1.82) is 0 Å². The van der Waals surface area contributed by atoms with Crippen LogP contribution in [0.1, 0.15) is 43.4 Å². The van der Waals surface area contributed by atoms with Crippen LogP contribution in [0.2, 0.25) is 0 Å². The van der Waals surface area contributed by atoms with Crippen molar-refractivity contribution in [1.82, 2.24) is 29.6 Å². The molecule has 2 aliphatic rings. The molecule has 0 radical (unpaired) electrons. The number of aryl methyl sites for hydroxylation is 2. The molecule has 1 amide bonds. The Morgan fingerprint density at radius 2 is 2.07 bits per heavy atom. The second-order valence-electron chi connectivity index (χ2n) is 8.39. The first-order chi connectivity index (χ1) is 14.7. The van der Waals surface area contributed by atoms with Crippen molar-refractivity contribution in [3.8, 4) is 11.4 Å². The highest BCUT2D eigenvalue weighted by atomic mass is 16.2. The predicted molar refractivity (Wildman–Crippen MR) is 113 cm³/mol. The first-order valence-electron chi connectivity index (χ1n) is 10.8. The van der Waals surface area contributed by atoms with Crippen LogP contribution in [-0.2, 0) is 23.2 Å². The second-order valence-corrected chi connectivity index (χ2v) is 8.39. The molecule has 1 fully saturated rings. The Morgan fingerprint density at radius 1 is 1.17 bits per heavy atom. The molecule has 5 rings (SSSR count). The molecule has 1 aliphatic carbocycles. The minimum atomic E-state index is -0.0262. The van der Waals surface area contributed by atoms with Crippen molar-refractivity contribution in [2.24, 2.45) is 0 Å². The molecule has 7 nitrogen and oxygen atoms in total. The smallest absolute Gasteiger partial charge is 0.222 e. The topological polar surface area (TPSA) is 76.8 Å². The Morgan fingerprint density at radius 3 is 2.90 bits per heavy atom. The molecule has 7 heteroatoms. The molecule has 3 heterocycles. The maximum Gasteiger partial charge on any atom is 0.222 e. The number of likely N-dealkylation sites (tertiary alicyclic amines) is 1. The van der Waals surface area contributed by atoms with Gasteiger partial charge in [0.05, 0.1) is 5.69 Å². The fourth-order valence-electron chi connectivity index (χ4n) is 4.91. The van der Waals surface area contributed by atoms with Crippen LogP contribution >= 0.6 is 0 Å². The minimum absolute atomic E-state index is 0.0262.